The van der Waals surface area contributed by atoms with Crippen LogP contribution in [0.3, 0.4) is 0 Å². The number of carbonyl (C=O) groups is 1. The zero-order valence-electron chi connectivity index (χ0n) is 11.5. The maximum absolute atomic E-state index is 12.0. The second kappa shape index (κ2) is 6.53. The molecule has 1 aliphatic rings. The molecule has 2 rings (SSSR count). The molecule has 4 heteroatoms. The number of hydrogen-bond acceptors (Lipinski definition) is 1. The van der Waals surface area contributed by atoms with E-state index in [9.17, 15) is 4.79 Å². The molecule has 1 amide bonds. The van der Waals surface area contributed by atoms with Crippen LogP contribution in [0.4, 0.5) is 0 Å². The number of nitrogens with one attached hydrogen (secondary N) is 1. The van der Waals surface area contributed by atoms with Crippen molar-refractivity contribution in [3.63, 3.8) is 0 Å². The van der Waals surface area contributed by atoms with Crippen LogP contribution >= 0.6 is 15.9 Å². The van der Waals surface area contributed by atoms with Gasteiger partial charge >= 0.3 is 0 Å². The number of amides is 1. The van der Waals surface area contributed by atoms with E-state index < -0.39 is 0 Å². The summed E-state index contributed by atoms with van der Waals surface area (Å²) >= 11 is 3.45. The molecule has 1 aromatic carbocycles. The topological polar surface area (TPSA) is 45.7 Å². The molecule has 0 aromatic heterocycles. The van der Waals surface area contributed by atoms with Gasteiger partial charge in [0.15, 0.2) is 6.04 Å². The monoisotopic (exact) mass is 325 g/mol. The summed E-state index contributed by atoms with van der Waals surface area (Å²) in [6.07, 6.45) is 3.30. The van der Waals surface area contributed by atoms with Crippen LogP contribution in [0.5, 0.6) is 0 Å². The van der Waals surface area contributed by atoms with E-state index in [1.165, 1.54) is 5.56 Å². The minimum Gasteiger partial charge on any atom is -0.348 e. The van der Waals surface area contributed by atoms with E-state index in [0.29, 0.717) is 12.1 Å². The van der Waals surface area contributed by atoms with Gasteiger partial charge in [0.2, 0.25) is 0 Å². The van der Waals surface area contributed by atoms with E-state index >= 15 is 0 Å². The lowest BCUT2D eigenvalue weighted by molar-refractivity contribution is -0.713. The predicted molar refractivity (Wildman–Crippen MR) is 79.7 cm³/mol. The number of benzene rings is 1. The van der Waals surface area contributed by atoms with Gasteiger partial charge in [-0.15, -0.1) is 0 Å². The van der Waals surface area contributed by atoms with E-state index in [-0.39, 0.29) is 11.9 Å². The molecule has 104 valence electrons. The summed E-state index contributed by atoms with van der Waals surface area (Å²) in [5, 5.41) is 5.23. The van der Waals surface area contributed by atoms with Crippen LogP contribution in [0.1, 0.15) is 44.7 Å². The lowest BCUT2D eigenvalue weighted by Gasteiger charge is -2.19. The van der Waals surface area contributed by atoms with E-state index in [0.717, 1.165) is 23.7 Å². The Balaban J connectivity index is 1.93. The minimum atomic E-state index is -0.0332. The van der Waals surface area contributed by atoms with Crippen LogP contribution in [-0.4, -0.2) is 18.0 Å². The summed E-state index contributed by atoms with van der Waals surface area (Å²) in [6.45, 7) is 4.15. The first-order valence-corrected chi connectivity index (χ1v) is 7.80. The predicted octanol–water partition coefficient (Wildman–Crippen LogP) is 2.13. The van der Waals surface area contributed by atoms with Crippen molar-refractivity contribution in [1.29, 1.82) is 0 Å². The van der Waals surface area contributed by atoms with Crippen LogP contribution in [0, 0.1) is 0 Å². The fraction of sp³-hybridized carbons (Fsp3) is 0.533. The van der Waals surface area contributed by atoms with Gasteiger partial charge in [-0.2, -0.15) is 0 Å². The molecule has 1 aromatic rings. The third-order valence-corrected chi connectivity index (χ3v) is 4.12. The highest BCUT2D eigenvalue weighted by molar-refractivity contribution is 9.10. The summed E-state index contributed by atoms with van der Waals surface area (Å²) in [5.74, 6) is 0.165. The highest BCUT2D eigenvalue weighted by atomic mass is 79.9. The summed E-state index contributed by atoms with van der Waals surface area (Å²) < 4.78 is 1.09. The Kier molecular flexibility index (Phi) is 4.99. The molecular weight excluding hydrogens is 304 g/mol. The summed E-state index contributed by atoms with van der Waals surface area (Å²) in [7, 11) is 0. The van der Waals surface area contributed by atoms with Crippen LogP contribution in [0.15, 0.2) is 28.7 Å². The van der Waals surface area contributed by atoms with Crippen LogP contribution in [0.2, 0.25) is 0 Å². The molecule has 0 radical (unpaired) electrons. The van der Waals surface area contributed by atoms with Crippen molar-refractivity contribution in [2.45, 2.75) is 51.2 Å². The van der Waals surface area contributed by atoms with Gasteiger partial charge in [-0.3, -0.25) is 4.79 Å². The number of halogens is 1. The van der Waals surface area contributed by atoms with Crippen molar-refractivity contribution >= 4 is 21.8 Å². The first-order valence-electron chi connectivity index (χ1n) is 7.01. The van der Waals surface area contributed by atoms with Crippen molar-refractivity contribution in [3.8, 4) is 0 Å². The Morgan fingerprint density at radius 3 is 2.58 bits per heavy atom. The van der Waals surface area contributed by atoms with Gasteiger partial charge in [-0.1, -0.05) is 35.0 Å². The molecule has 19 heavy (non-hydrogen) atoms. The average molecular weight is 326 g/mol. The second-order valence-corrected chi connectivity index (χ2v) is 6.25. The fourth-order valence-corrected chi connectivity index (χ4v) is 2.45. The molecule has 3 N–H and O–H groups in total. The highest BCUT2D eigenvalue weighted by Gasteiger charge is 2.28. The molecule has 0 spiro atoms. The Hall–Kier alpha value is -0.870. The van der Waals surface area contributed by atoms with Crippen molar-refractivity contribution in [3.05, 3.63) is 34.3 Å². The van der Waals surface area contributed by atoms with Gasteiger partial charge in [0.1, 0.15) is 6.04 Å². The Morgan fingerprint density at radius 1 is 1.42 bits per heavy atom. The van der Waals surface area contributed by atoms with E-state index in [1.807, 2.05) is 6.92 Å². The maximum Gasteiger partial charge on any atom is 0.278 e. The molecule has 0 heterocycles. The number of rotatable bonds is 6. The molecule has 0 aliphatic heterocycles. The molecule has 1 fully saturated rings. The lowest BCUT2D eigenvalue weighted by Crippen LogP contribution is -2.92. The largest absolute Gasteiger partial charge is 0.348 e. The van der Waals surface area contributed by atoms with Crippen molar-refractivity contribution in [2.24, 2.45) is 0 Å². The lowest BCUT2D eigenvalue weighted by atomic mass is 10.0. The zero-order chi connectivity index (χ0) is 13.8. The summed E-state index contributed by atoms with van der Waals surface area (Å²) in [5.41, 5.74) is 1.27. The van der Waals surface area contributed by atoms with Crippen LogP contribution in [-0.2, 0) is 4.79 Å². The minimum absolute atomic E-state index is 0.0332. The fourth-order valence-electron chi connectivity index (χ4n) is 2.19. The molecular formula is C15H22BrN2O+. The standard InChI is InChI=1S/C15H21BrN2O/c1-3-14(11-4-6-12(16)7-5-11)17-10(2)15(19)18-13-8-9-13/h4-7,10,13-14,17H,3,8-9H2,1-2H3,(H,18,19)/p+1/t10-,14-/m1/s1. The van der Waals surface area contributed by atoms with Gasteiger partial charge in [0, 0.05) is 22.5 Å². The molecule has 0 saturated heterocycles. The van der Waals surface area contributed by atoms with E-state index in [2.05, 4.69) is 57.8 Å². The van der Waals surface area contributed by atoms with Crippen molar-refractivity contribution in [2.75, 3.05) is 0 Å². The molecule has 1 aliphatic carbocycles. The first kappa shape index (κ1) is 14.5. The smallest absolute Gasteiger partial charge is 0.278 e. The molecule has 0 unspecified atom stereocenters. The quantitative estimate of drug-likeness (QED) is 0.827. The van der Waals surface area contributed by atoms with Gasteiger partial charge in [-0.05, 0) is 31.9 Å². The van der Waals surface area contributed by atoms with Gasteiger partial charge < -0.3 is 10.6 Å². The van der Waals surface area contributed by atoms with Crippen molar-refractivity contribution in [1.82, 2.24) is 5.32 Å². The summed E-state index contributed by atoms with van der Waals surface area (Å²) in [6, 6.07) is 9.11. The Bertz CT molecular complexity index is 428. The highest BCUT2D eigenvalue weighted by Crippen LogP contribution is 2.19. The van der Waals surface area contributed by atoms with E-state index in [1.54, 1.807) is 0 Å². The molecule has 2 atom stereocenters. The maximum atomic E-state index is 12.0. The number of hydrogen-bond donors (Lipinski definition) is 2. The van der Waals surface area contributed by atoms with Gasteiger partial charge in [-0.25, -0.2) is 0 Å². The number of carbonyl (C=O) groups excluding carboxylic acids is 1. The summed E-state index contributed by atoms with van der Waals surface area (Å²) in [4.78, 5) is 12.0. The Labute approximate surface area is 123 Å². The third-order valence-electron chi connectivity index (χ3n) is 3.60. The van der Waals surface area contributed by atoms with Gasteiger partial charge in [0.05, 0.1) is 0 Å². The SMILES string of the molecule is CC[C@@H]([NH2+][C@H](C)C(=O)NC1CC1)c1ccc(Br)cc1. The van der Waals surface area contributed by atoms with Crippen molar-refractivity contribution < 1.29 is 10.1 Å². The van der Waals surface area contributed by atoms with E-state index in [4.69, 9.17) is 0 Å². The number of nitrogens with two attached hydrogens (primary N) is 1. The molecule has 0 bridgehead atoms. The first-order chi connectivity index (χ1) is 9.10. The average Bonchev–Trinajstić information content (AvgIpc) is 3.20. The van der Waals surface area contributed by atoms with Gasteiger partial charge in [0.25, 0.3) is 5.91 Å². The Morgan fingerprint density at radius 2 is 2.05 bits per heavy atom. The molecule has 1 saturated carbocycles. The van der Waals surface area contributed by atoms with Crippen LogP contribution in [0.25, 0.3) is 0 Å². The molecule has 3 nitrogen and oxygen atoms in total. The van der Waals surface area contributed by atoms with Crippen LogP contribution < -0.4 is 10.6 Å². The normalized spacial score (nSPS) is 17.8. The zero-order valence-corrected chi connectivity index (χ0v) is 13.1. The third kappa shape index (κ3) is 4.32. The number of quaternary nitrogens is 1. The second-order valence-electron chi connectivity index (χ2n) is 5.33.